The first-order chi connectivity index (χ1) is 11.1. The molecule has 8 heteroatoms. The predicted octanol–water partition coefficient (Wildman–Crippen LogP) is 4.66. The Kier molecular flexibility index (Phi) is 4.85. The molecule has 2 heterocycles. The summed E-state index contributed by atoms with van der Waals surface area (Å²) >= 11 is 13.8. The highest BCUT2D eigenvalue weighted by atomic mass is 35.5. The Labute approximate surface area is 147 Å². The lowest BCUT2D eigenvalue weighted by atomic mass is 10.3. The van der Waals surface area contributed by atoms with E-state index >= 15 is 0 Å². The van der Waals surface area contributed by atoms with Crippen LogP contribution in [0.3, 0.4) is 0 Å². The van der Waals surface area contributed by atoms with Crippen LogP contribution in [0.25, 0.3) is 0 Å². The first-order valence-corrected chi connectivity index (χ1v) is 8.12. The van der Waals surface area contributed by atoms with Crippen LogP contribution in [0.1, 0.15) is 0 Å². The Morgan fingerprint density at radius 3 is 2.48 bits per heavy atom. The maximum absolute atomic E-state index is 6.35. The highest BCUT2D eigenvalue weighted by Gasteiger charge is 2.06. The maximum atomic E-state index is 6.35. The summed E-state index contributed by atoms with van der Waals surface area (Å²) in [7, 11) is 0. The number of halogens is 2. The van der Waals surface area contributed by atoms with Gasteiger partial charge >= 0.3 is 0 Å². The van der Waals surface area contributed by atoms with Gasteiger partial charge in [0.25, 0.3) is 0 Å². The third kappa shape index (κ3) is 4.25. The van der Waals surface area contributed by atoms with Crippen LogP contribution in [0.2, 0.25) is 10.2 Å². The first-order valence-electron chi connectivity index (χ1n) is 6.55. The van der Waals surface area contributed by atoms with E-state index in [1.807, 2.05) is 30.3 Å². The molecule has 3 aromatic rings. The normalized spacial score (nSPS) is 10.5. The minimum atomic E-state index is 0.107. The van der Waals surface area contributed by atoms with E-state index in [-0.39, 0.29) is 11.1 Å². The zero-order chi connectivity index (χ0) is 16.2. The highest BCUT2D eigenvalue weighted by molar-refractivity contribution is 7.99. The summed E-state index contributed by atoms with van der Waals surface area (Å²) in [5.74, 6) is 0.615. The van der Waals surface area contributed by atoms with Gasteiger partial charge in [0.2, 0.25) is 5.95 Å². The van der Waals surface area contributed by atoms with Crippen molar-refractivity contribution in [2.24, 2.45) is 0 Å². The minimum absolute atomic E-state index is 0.107. The zero-order valence-corrected chi connectivity index (χ0v) is 14.0. The molecule has 0 aliphatic rings. The van der Waals surface area contributed by atoms with Crippen molar-refractivity contribution >= 4 is 52.4 Å². The van der Waals surface area contributed by atoms with Gasteiger partial charge in [0.1, 0.15) is 11.0 Å². The van der Waals surface area contributed by atoms with Gasteiger partial charge in [-0.3, -0.25) is 4.98 Å². The zero-order valence-electron chi connectivity index (χ0n) is 11.7. The van der Waals surface area contributed by atoms with Crippen molar-refractivity contribution in [2.75, 3.05) is 11.1 Å². The number of nitrogens with zero attached hydrogens (tertiary/aromatic N) is 3. The van der Waals surface area contributed by atoms with Crippen LogP contribution in [0.5, 0.6) is 0 Å². The van der Waals surface area contributed by atoms with Crippen LogP contribution in [0.4, 0.5) is 17.5 Å². The van der Waals surface area contributed by atoms with Crippen LogP contribution in [-0.2, 0) is 0 Å². The Bertz CT molecular complexity index is 809. The van der Waals surface area contributed by atoms with Gasteiger partial charge < -0.3 is 11.1 Å². The maximum Gasteiger partial charge on any atom is 0.223 e. The number of aromatic nitrogens is 3. The van der Waals surface area contributed by atoms with Crippen LogP contribution < -0.4 is 11.1 Å². The lowest BCUT2D eigenvalue weighted by Crippen LogP contribution is -2.00. The number of nitrogens with one attached hydrogen (secondary N) is 1. The van der Waals surface area contributed by atoms with Gasteiger partial charge in [0, 0.05) is 33.9 Å². The molecule has 0 fully saturated rings. The van der Waals surface area contributed by atoms with E-state index in [2.05, 4.69) is 20.3 Å². The molecule has 0 atom stereocenters. The van der Waals surface area contributed by atoms with Gasteiger partial charge in [-0.05, 0) is 30.3 Å². The molecule has 0 bridgehead atoms. The van der Waals surface area contributed by atoms with E-state index in [1.165, 1.54) is 0 Å². The number of anilines is 3. The second-order valence-corrected chi connectivity index (χ2v) is 6.40. The van der Waals surface area contributed by atoms with Crippen molar-refractivity contribution in [3.8, 4) is 0 Å². The van der Waals surface area contributed by atoms with Gasteiger partial charge in [-0.1, -0.05) is 35.0 Å². The lowest BCUT2D eigenvalue weighted by molar-refractivity contribution is 1.18. The Morgan fingerprint density at radius 1 is 1.00 bits per heavy atom. The van der Waals surface area contributed by atoms with Crippen LogP contribution >= 0.6 is 35.0 Å². The molecule has 0 radical (unpaired) electrons. The Balaban J connectivity index is 1.79. The largest absolute Gasteiger partial charge is 0.368 e. The fraction of sp³-hybridized carbons (Fsp3) is 0. The molecule has 2 aromatic heterocycles. The minimum Gasteiger partial charge on any atom is -0.368 e. The van der Waals surface area contributed by atoms with Crippen molar-refractivity contribution in [1.29, 1.82) is 0 Å². The fourth-order valence-electron chi connectivity index (χ4n) is 1.84. The summed E-state index contributed by atoms with van der Waals surface area (Å²) in [6, 6.07) is 11.1. The van der Waals surface area contributed by atoms with Gasteiger partial charge in [0.15, 0.2) is 0 Å². The molecule has 23 heavy (non-hydrogen) atoms. The van der Waals surface area contributed by atoms with Gasteiger partial charge in [-0.2, -0.15) is 4.98 Å². The first kappa shape index (κ1) is 15.9. The van der Waals surface area contributed by atoms with E-state index < -0.39 is 0 Å². The Morgan fingerprint density at radius 2 is 1.78 bits per heavy atom. The second-order valence-electron chi connectivity index (χ2n) is 4.49. The molecule has 3 rings (SSSR count). The molecule has 3 N–H and O–H groups in total. The molecule has 116 valence electrons. The summed E-state index contributed by atoms with van der Waals surface area (Å²) in [6.07, 6.45) is 3.49. The van der Waals surface area contributed by atoms with E-state index in [1.54, 1.807) is 30.2 Å². The molecule has 0 amide bonds. The van der Waals surface area contributed by atoms with Crippen LogP contribution in [-0.4, -0.2) is 15.0 Å². The summed E-state index contributed by atoms with van der Waals surface area (Å²) in [4.78, 5) is 13.9. The number of nitrogens with two attached hydrogens (primary N) is 1. The smallest absolute Gasteiger partial charge is 0.223 e. The molecular formula is C15H11Cl2N5S. The van der Waals surface area contributed by atoms with Crippen molar-refractivity contribution in [3.63, 3.8) is 0 Å². The van der Waals surface area contributed by atoms with Crippen molar-refractivity contribution < 1.29 is 0 Å². The van der Waals surface area contributed by atoms with E-state index in [9.17, 15) is 0 Å². The number of hydrogen-bond acceptors (Lipinski definition) is 6. The highest BCUT2D eigenvalue weighted by Crippen LogP contribution is 2.35. The fourth-order valence-corrected chi connectivity index (χ4v) is 3.13. The molecule has 0 spiro atoms. The Hall–Kier alpha value is -2.02. The topological polar surface area (TPSA) is 76.7 Å². The van der Waals surface area contributed by atoms with Gasteiger partial charge in [-0.15, -0.1) is 0 Å². The van der Waals surface area contributed by atoms with Crippen LogP contribution in [0, 0.1) is 0 Å². The molecule has 0 aliphatic carbocycles. The summed E-state index contributed by atoms with van der Waals surface area (Å²) in [5.41, 5.74) is 6.35. The van der Waals surface area contributed by atoms with E-state index in [0.29, 0.717) is 10.8 Å². The average Bonchev–Trinajstić information content (AvgIpc) is 2.50. The van der Waals surface area contributed by atoms with Crippen molar-refractivity contribution in [3.05, 3.63) is 59.0 Å². The monoisotopic (exact) mass is 363 g/mol. The average molecular weight is 364 g/mol. The summed E-state index contributed by atoms with van der Waals surface area (Å²) in [6.45, 7) is 0. The van der Waals surface area contributed by atoms with E-state index in [0.717, 1.165) is 15.5 Å². The molecular weight excluding hydrogens is 353 g/mol. The number of benzene rings is 1. The molecule has 1 aromatic carbocycles. The molecule has 0 saturated carbocycles. The molecule has 0 aliphatic heterocycles. The quantitative estimate of drug-likeness (QED) is 0.656. The SMILES string of the molecule is Nc1nc(Cl)cc(Nc2ccc(Sc3ccncc3)c(Cl)c2)n1. The summed E-state index contributed by atoms with van der Waals surface area (Å²) < 4.78 is 0. The molecule has 0 saturated heterocycles. The van der Waals surface area contributed by atoms with E-state index in [4.69, 9.17) is 28.9 Å². The lowest BCUT2D eigenvalue weighted by Gasteiger charge is -2.09. The number of nitrogen functional groups attached to an aromatic ring is 1. The van der Waals surface area contributed by atoms with Crippen molar-refractivity contribution in [2.45, 2.75) is 9.79 Å². The van der Waals surface area contributed by atoms with Gasteiger partial charge in [0.05, 0.1) is 5.02 Å². The summed E-state index contributed by atoms with van der Waals surface area (Å²) in [5, 5.41) is 4.00. The second kappa shape index (κ2) is 7.04. The number of hydrogen-bond donors (Lipinski definition) is 2. The van der Waals surface area contributed by atoms with Crippen LogP contribution in [0.15, 0.2) is 58.6 Å². The molecule has 0 unspecified atom stereocenters. The predicted molar refractivity (Wildman–Crippen MR) is 94.5 cm³/mol. The number of rotatable bonds is 4. The van der Waals surface area contributed by atoms with Crippen molar-refractivity contribution in [1.82, 2.24) is 15.0 Å². The molecule has 5 nitrogen and oxygen atoms in total. The van der Waals surface area contributed by atoms with Gasteiger partial charge in [-0.25, -0.2) is 4.98 Å². The third-order valence-electron chi connectivity index (χ3n) is 2.79. The standard InChI is InChI=1S/C15H11Cl2N5S/c16-11-7-9(20-14-8-13(17)21-15(18)22-14)1-2-12(11)23-10-3-5-19-6-4-10/h1-8H,(H3,18,20,21,22). The number of pyridine rings is 1. The third-order valence-corrected chi connectivity index (χ3v) is 4.50.